The van der Waals surface area contributed by atoms with Gasteiger partial charge in [0.05, 0.1) is 16.7 Å². The highest BCUT2D eigenvalue weighted by Gasteiger charge is 2.24. The van der Waals surface area contributed by atoms with E-state index in [1.807, 2.05) is 0 Å². The van der Waals surface area contributed by atoms with E-state index in [0.717, 1.165) is 6.20 Å². The number of nitrogens with one attached hydrogen (secondary N) is 1. The summed E-state index contributed by atoms with van der Waals surface area (Å²) in [5.41, 5.74) is -2.09. The maximum atomic E-state index is 13.8. The van der Waals surface area contributed by atoms with Crippen LogP contribution in [0.15, 0.2) is 18.3 Å². The summed E-state index contributed by atoms with van der Waals surface area (Å²) in [6, 6.07) is 1.38. The van der Waals surface area contributed by atoms with Gasteiger partial charge in [-0.15, -0.1) is 0 Å². The molecule has 0 fully saturated rings. The molecule has 0 saturated heterocycles. The van der Waals surface area contributed by atoms with Crippen LogP contribution in [0.4, 0.5) is 14.5 Å². The molecule has 9 heteroatoms. The number of aromatic amines is 1. The number of carboxylic acids is 1. The molecule has 0 spiro atoms. The lowest BCUT2D eigenvalue weighted by Crippen LogP contribution is -2.00. The highest BCUT2D eigenvalue weighted by Crippen LogP contribution is 2.29. The van der Waals surface area contributed by atoms with Gasteiger partial charge in [-0.25, -0.2) is 14.2 Å². The molecule has 98 valence electrons. The molecule has 2 N–H and O–H groups in total. The van der Waals surface area contributed by atoms with Gasteiger partial charge in [0.2, 0.25) is 5.82 Å². The van der Waals surface area contributed by atoms with Crippen molar-refractivity contribution in [2.24, 2.45) is 0 Å². The fraction of sp³-hybridized carbons (Fsp3) is 0. The van der Waals surface area contributed by atoms with E-state index < -0.39 is 39.6 Å². The molecule has 1 heterocycles. The van der Waals surface area contributed by atoms with Crippen LogP contribution >= 0.6 is 0 Å². The van der Waals surface area contributed by atoms with Gasteiger partial charge in [0.1, 0.15) is 17.3 Å². The number of nitro groups is 1. The van der Waals surface area contributed by atoms with Crippen LogP contribution in [0.1, 0.15) is 10.5 Å². The summed E-state index contributed by atoms with van der Waals surface area (Å²) in [5.74, 6) is -4.31. The minimum absolute atomic E-state index is 0.389. The summed E-state index contributed by atoms with van der Waals surface area (Å²) in [7, 11) is 0. The largest absolute Gasteiger partial charge is 0.477 e. The number of imidazole rings is 1. The first-order valence-electron chi connectivity index (χ1n) is 4.83. The Morgan fingerprint density at radius 2 is 2.11 bits per heavy atom. The van der Waals surface area contributed by atoms with Gasteiger partial charge in [-0.3, -0.25) is 10.1 Å². The number of halogens is 2. The van der Waals surface area contributed by atoms with Crippen LogP contribution in [0.3, 0.4) is 0 Å². The van der Waals surface area contributed by atoms with Crippen molar-refractivity contribution in [3.05, 3.63) is 45.8 Å². The van der Waals surface area contributed by atoms with E-state index in [1.165, 1.54) is 0 Å². The third kappa shape index (κ3) is 2.12. The first-order valence-corrected chi connectivity index (χ1v) is 4.83. The monoisotopic (exact) mass is 269 g/mol. The molecule has 0 bridgehead atoms. The molecule has 0 atom stereocenters. The van der Waals surface area contributed by atoms with Crippen LogP contribution < -0.4 is 0 Å². The predicted molar refractivity (Wildman–Crippen MR) is 57.6 cm³/mol. The second kappa shape index (κ2) is 4.44. The molecule has 1 aromatic carbocycles. The number of H-pyrrole nitrogens is 1. The Balaban J connectivity index is 2.63. The molecule has 1 aromatic heterocycles. The maximum Gasteiger partial charge on any atom is 0.353 e. The van der Waals surface area contributed by atoms with Crippen molar-refractivity contribution in [1.82, 2.24) is 9.97 Å². The minimum atomic E-state index is -1.42. The van der Waals surface area contributed by atoms with Crippen molar-refractivity contribution >= 4 is 11.7 Å². The summed E-state index contributed by atoms with van der Waals surface area (Å²) in [6.45, 7) is 0. The second-order valence-corrected chi connectivity index (χ2v) is 3.46. The number of carbonyl (C=O) groups is 1. The minimum Gasteiger partial charge on any atom is -0.477 e. The Kier molecular flexibility index (Phi) is 2.95. The standard InChI is InChI=1S/C10H5F2N3O4/c11-4-1-2-6(15(18)19)8(12)7(4)9-13-3-5(14-9)10(16)17/h1-3H,(H,13,14)(H,16,17). The molecule has 2 aromatic rings. The van der Waals surface area contributed by atoms with Crippen molar-refractivity contribution in [2.45, 2.75) is 0 Å². The van der Waals surface area contributed by atoms with Crippen molar-refractivity contribution in [3.63, 3.8) is 0 Å². The van der Waals surface area contributed by atoms with Gasteiger partial charge >= 0.3 is 11.7 Å². The lowest BCUT2D eigenvalue weighted by molar-refractivity contribution is -0.387. The molecule has 19 heavy (non-hydrogen) atoms. The number of aromatic nitrogens is 2. The first kappa shape index (κ1) is 12.6. The van der Waals surface area contributed by atoms with E-state index >= 15 is 0 Å². The number of carboxylic acid groups (broad SMARTS) is 1. The zero-order valence-electron chi connectivity index (χ0n) is 9.05. The average molecular weight is 269 g/mol. The lowest BCUT2D eigenvalue weighted by Gasteiger charge is -2.02. The third-order valence-electron chi connectivity index (χ3n) is 2.31. The van der Waals surface area contributed by atoms with Gasteiger partial charge in [0.25, 0.3) is 0 Å². The summed E-state index contributed by atoms with van der Waals surface area (Å²) in [5, 5.41) is 19.2. The molecule has 0 unspecified atom stereocenters. The van der Waals surface area contributed by atoms with Crippen molar-refractivity contribution in [3.8, 4) is 11.4 Å². The van der Waals surface area contributed by atoms with E-state index in [0.29, 0.717) is 12.1 Å². The molecule has 0 radical (unpaired) electrons. The van der Waals surface area contributed by atoms with E-state index in [-0.39, 0.29) is 5.69 Å². The average Bonchev–Trinajstić information content (AvgIpc) is 2.78. The second-order valence-electron chi connectivity index (χ2n) is 3.46. The van der Waals surface area contributed by atoms with Gasteiger partial charge in [-0.1, -0.05) is 0 Å². The quantitative estimate of drug-likeness (QED) is 0.653. The number of rotatable bonds is 3. The smallest absolute Gasteiger partial charge is 0.353 e. The number of benzene rings is 1. The molecule has 0 aliphatic rings. The first-order chi connectivity index (χ1) is 8.91. The van der Waals surface area contributed by atoms with Crippen LogP contribution in [0.25, 0.3) is 11.4 Å². The van der Waals surface area contributed by atoms with E-state index in [1.54, 1.807) is 0 Å². The van der Waals surface area contributed by atoms with Gasteiger partial charge in [-0.2, -0.15) is 4.39 Å². The number of hydrogen-bond acceptors (Lipinski definition) is 4. The van der Waals surface area contributed by atoms with E-state index in [4.69, 9.17) is 5.11 Å². The number of nitro benzene ring substituents is 1. The summed E-state index contributed by atoms with van der Waals surface area (Å²) >= 11 is 0. The van der Waals surface area contributed by atoms with Crippen LogP contribution in [0.5, 0.6) is 0 Å². The highest BCUT2D eigenvalue weighted by atomic mass is 19.1. The van der Waals surface area contributed by atoms with Crippen molar-refractivity contribution in [1.29, 1.82) is 0 Å². The van der Waals surface area contributed by atoms with Crippen LogP contribution in [-0.2, 0) is 0 Å². The summed E-state index contributed by atoms with van der Waals surface area (Å²) in [6.07, 6.45) is 0.857. The Morgan fingerprint density at radius 3 is 2.63 bits per heavy atom. The summed E-state index contributed by atoms with van der Waals surface area (Å²) in [4.78, 5) is 25.8. The lowest BCUT2D eigenvalue weighted by atomic mass is 10.1. The van der Waals surface area contributed by atoms with Crippen LogP contribution in [0.2, 0.25) is 0 Å². The normalized spacial score (nSPS) is 10.4. The van der Waals surface area contributed by atoms with Crippen molar-refractivity contribution < 1.29 is 23.6 Å². The Bertz CT molecular complexity index is 683. The predicted octanol–water partition coefficient (Wildman–Crippen LogP) is 1.96. The van der Waals surface area contributed by atoms with E-state index in [2.05, 4.69) is 9.97 Å². The molecule has 7 nitrogen and oxygen atoms in total. The summed E-state index contributed by atoms with van der Waals surface area (Å²) < 4.78 is 27.3. The molecular weight excluding hydrogens is 264 g/mol. The van der Waals surface area contributed by atoms with Gasteiger partial charge in [-0.05, 0) is 6.07 Å². The van der Waals surface area contributed by atoms with E-state index in [9.17, 15) is 23.7 Å². The van der Waals surface area contributed by atoms with Crippen molar-refractivity contribution in [2.75, 3.05) is 0 Å². The van der Waals surface area contributed by atoms with Crippen LogP contribution in [0, 0.1) is 21.7 Å². The zero-order valence-corrected chi connectivity index (χ0v) is 9.05. The Labute approximate surface area is 103 Å². The molecule has 0 amide bonds. The number of aromatic carboxylic acids is 1. The SMILES string of the molecule is O=C(O)c1cnc(-c2c(F)ccc([N+](=O)[O-])c2F)[nH]1. The van der Waals surface area contributed by atoms with Gasteiger partial charge in [0.15, 0.2) is 0 Å². The Morgan fingerprint density at radius 1 is 1.42 bits per heavy atom. The highest BCUT2D eigenvalue weighted by molar-refractivity contribution is 5.86. The topological polar surface area (TPSA) is 109 Å². The molecule has 0 aliphatic heterocycles. The number of hydrogen-bond donors (Lipinski definition) is 2. The van der Waals surface area contributed by atoms with Crippen LogP contribution in [-0.4, -0.2) is 26.0 Å². The number of nitrogens with zero attached hydrogens (tertiary/aromatic N) is 2. The molecule has 0 aliphatic carbocycles. The fourth-order valence-corrected chi connectivity index (χ4v) is 1.46. The molecule has 2 rings (SSSR count). The molecular formula is C10H5F2N3O4. The maximum absolute atomic E-state index is 13.8. The fourth-order valence-electron chi connectivity index (χ4n) is 1.46. The van der Waals surface area contributed by atoms with Gasteiger partial charge < -0.3 is 10.1 Å². The zero-order chi connectivity index (χ0) is 14.2. The van der Waals surface area contributed by atoms with Gasteiger partial charge in [0, 0.05) is 6.07 Å². The Hall–Kier alpha value is -2.84. The molecule has 0 saturated carbocycles. The third-order valence-corrected chi connectivity index (χ3v) is 2.31.